The van der Waals surface area contributed by atoms with Gasteiger partial charge < -0.3 is 20.7 Å². The molecular weight excluding hydrogens is 603 g/mol. The van der Waals surface area contributed by atoms with Crippen LogP contribution < -0.4 is 21.3 Å². The molecule has 1 aromatic heterocycles. The number of ether oxygens (including phenoxy) is 1. The number of carbonyl (C=O) groups is 4. The van der Waals surface area contributed by atoms with Crippen molar-refractivity contribution < 1.29 is 28.3 Å². The minimum Gasteiger partial charge on any atom is -0.453 e. The Morgan fingerprint density at radius 1 is 1.00 bits per heavy atom. The number of hydrogen-bond acceptors (Lipinski definition) is 6. The number of nitrogens with one attached hydrogen (secondary N) is 5. The van der Waals surface area contributed by atoms with Crippen molar-refractivity contribution in [1.82, 2.24) is 15.5 Å². The highest BCUT2D eigenvalue weighted by Gasteiger charge is 2.39. The van der Waals surface area contributed by atoms with E-state index in [1.54, 1.807) is 30.3 Å². The summed E-state index contributed by atoms with van der Waals surface area (Å²) in [6, 6.07) is 18.0. The van der Waals surface area contributed by atoms with Crippen LogP contribution in [0.4, 0.5) is 26.4 Å². The fraction of sp³-hybridized carbons (Fsp3) is 0.219. The van der Waals surface area contributed by atoms with Crippen LogP contribution >= 0.6 is 11.6 Å². The number of nitrogens with zero attached hydrogens (tertiary/aromatic N) is 1. The Balaban J connectivity index is 1.31. The highest BCUT2D eigenvalue weighted by atomic mass is 35.5. The molecule has 1 saturated carbocycles. The Labute approximate surface area is 262 Å². The highest BCUT2D eigenvalue weighted by Crippen LogP contribution is 2.38. The molecule has 1 aliphatic rings. The van der Waals surface area contributed by atoms with Gasteiger partial charge in [-0.05, 0) is 66.4 Å². The van der Waals surface area contributed by atoms with Gasteiger partial charge in [0.2, 0.25) is 11.8 Å². The third-order valence-electron chi connectivity index (χ3n) is 7.38. The Bertz CT molecular complexity index is 1730. The molecule has 0 bridgehead atoms. The van der Waals surface area contributed by atoms with Crippen molar-refractivity contribution in [1.29, 1.82) is 0 Å². The number of methoxy groups -OCH3 is 1. The van der Waals surface area contributed by atoms with Gasteiger partial charge >= 0.3 is 6.09 Å². The van der Waals surface area contributed by atoms with E-state index >= 15 is 0 Å². The fourth-order valence-electron chi connectivity index (χ4n) is 4.66. The maximum Gasteiger partial charge on any atom is 0.411 e. The summed E-state index contributed by atoms with van der Waals surface area (Å²) in [5.41, 5.74) is 2.48. The van der Waals surface area contributed by atoms with Crippen LogP contribution in [-0.4, -0.2) is 47.2 Å². The van der Waals surface area contributed by atoms with Gasteiger partial charge in [0.05, 0.1) is 17.8 Å². The first kappa shape index (κ1) is 31.2. The van der Waals surface area contributed by atoms with Crippen molar-refractivity contribution in [2.45, 2.75) is 25.8 Å². The third-order valence-corrected chi connectivity index (χ3v) is 7.67. The minimum atomic E-state index is -1.05. The van der Waals surface area contributed by atoms with Crippen LogP contribution in [0, 0.1) is 17.7 Å². The average molecular weight is 633 g/mol. The highest BCUT2D eigenvalue weighted by molar-refractivity contribution is 6.31. The van der Waals surface area contributed by atoms with Gasteiger partial charge in [-0.1, -0.05) is 36.7 Å². The summed E-state index contributed by atoms with van der Waals surface area (Å²) in [4.78, 5) is 50.5. The van der Waals surface area contributed by atoms with Crippen LogP contribution in [0.1, 0.15) is 29.3 Å². The van der Waals surface area contributed by atoms with Crippen molar-refractivity contribution >= 4 is 52.6 Å². The molecule has 3 aromatic carbocycles. The number of aromatic amines is 1. The molecule has 1 fully saturated rings. The molecule has 5 N–H and O–H groups in total. The number of carbonyl (C=O) groups excluding carboxylic acids is 4. The van der Waals surface area contributed by atoms with Crippen molar-refractivity contribution in [3.8, 4) is 11.3 Å². The third kappa shape index (κ3) is 7.84. The molecule has 0 saturated heterocycles. The van der Waals surface area contributed by atoms with Gasteiger partial charge in [0.15, 0.2) is 11.6 Å². The number of rotatable bonds is 10. The largest absolute Gasteiger partial charge is 0.453 e. The summed E-state index contributed by atoms with van der Waals surface area (Å²) >= 11 is 5.90. The number of hydrogen-bond donors (Lipinski definition) is 5. The average Bonchev–Trinajstić information content (AvgIpc) is 3.60. The molecule has 3 atom stereocenters. The molecule has 0 spiro atoms. The molecule has 1 aliphatic carbocycles. The van der Waals surface area contributed by atoms with Crippen LogP contribution in [0.15, 0.2) is 72.8 Å². The van der Waals surface area contributed by atoms with E-state index in [-0.39, 0.29) is 40.2 Å². The second kappa shape index (κ2) is 13.6. The zero-order chi connectivity index (χ0) is 32.1. The van der Waals surface area contributed by atoms with Crippen molar-refractivity contribution in [2.75, 3.05) is 23.1 Å². The van der Waals surface area contributed by atoms with Gasteiger partial charge in [-0.25, -0.2) is 9.18 Å². The molecule has 5 rings (SSSR count). The monoisotopic (exact) mass is 632 g/mol. The van der Waals surface area contributed by atoms with E-state index in [2.05, 4.69) is 36.2 Å². The lowest BCUT2D eigenvalue weighted by Crippen LogP contribution is -2.45. The zero-order valence-corrected chi connectivity index (χ0v) is 25.1. The molecule has 11 nitrogen and oxygen atoms in total. The Morgan fingerprint density at radius 2 is 1.67 bits per heavy atom. The first-order valence-corrected chi connectivity index (χ1v) is 14.5. The summed E-state index contributed by atoms with van der Waals surface area (Å²) in [6.07, 6.45) is 0.320. The number of halogens is 2. The van der Waals surface area contributed by atoms with E-state index in [9.17, 15) is 23.6 Å². The first-order valence-electron chi connectivity index (χ1n) is 14.1. The molecule has 13 heteroatoms. The maximum atomic E-state index is 14.5. The number of anilines is 3. The molecule has 0 aliphatic heterocycles. The molecule has 4 aromatic rings. The molecule has 1 heterocycles. The summed E-state index contributed by atoms with van der Waals surface area (Å²) in [7, 11) is 1.24. The second-order valence-corrected chi connectivity index (χ2v) is 11.1. The standard InChI is InChI=1S/C32H30ClFN6O5/c1-17-14-23(17)30(42)35-20-10-6-18(7-11-20)15-26(37-29(41)19-8-12-21(13-9-19)36-32(44)45-2)31(43)38-27-16-25(39-40-27)22-4-3-5-24(33)28(22)34/h3-13,16-17,23,26H,14-15H2,1-2H3,(H,35,42)(H,36,44)(H,37,41)(H2,38,39,40,43)/t17?,23?,26-/m0/s1. The van der Waals surface area contributed by atoms with E-state index in [0.29, 0.717) is 23.0 Å². The number of aromatic nitrogens is 2. The van der Waals surface area contributed by atoms with Crippen LogP contribution in [0.2, 0.25) is 5.02 Å². The van der Waals surface area contributed by atoms with E-state index in [4.69, 9.17) is 11.6 Å². The molecule has 2 unspecified atom stereocenters. The van der Waals surface area contributed by atoms with Crippen molar-refractivity contribution in [2.24, 2.45) is 11.8 Å². The molecule has 45 heavy (non-hydrogen) atoms. The quantitative estimate of drug-likeness (QED) is 0.153. The van der Waals surface area contributed by atoms with E-state index in [0.717, 1.165) is 12.0 Å². The van der Waals surface area contributed by atoms with Gasteiger partial charge in [-0.15, -0.1) is 0 Å². The summed E-state index contributed by atoms with van der Waals surface area (Å²) in [5, 5.41) is 17.5. The number of H-pyrrole nitrogens is 1. The normalized spacial score (nSPS) is 15.8. The Hall–Kier alpha value is -5.23. The summed E-state index contributed by atoms with van der Waals surface area (Å²) < 4.78 is 19.1. The maximum absolute atomic E-state index is 14.5. The van der Waals surface area contributed by atoms with Crippen LogP contribution in [0.5, 0.6) is 0 Å². The number of benzene rings is 3. The van der Waals surface area contributed by atoms with Gasteiger partial charge in [0.25, 0.3) is 5.91 Å². The fourth-order valence-corrected chi connectivity index (χ4v) is 4.83. The van der Waals surface area contributed by atoms with Gasteiger partial charge in [0, 0.05) is 40.9 Å². The number of amides is 4. The van der Waals surface area contributed by atoms with E-state index in [1.165, 1.54) is 49.6 Å². The minimum absolute atomic E-state index is 0.0243. The Morgan fingerprint density at radius 3 is 2.33 bits per heavy atom. The topological polar surface area (TPSA) is 154 Å². The predicted molar refractivity (Wildman–Crippen MR) is 167 cm³/mol. The SMILES string of the molecule is COC(=O)Nc1ccc(C(=O)N[C@@H](Cc2ccc(NC(=O)C3CC3C)cc2)C(=O)Nc2cc(-c3cccc(Cl)c3F)[nH]n2)cc1. The van der Waals surface area contributed by atoms with Crippen LogP contribution in [-0.2, 0) is 20.7 Å². The zero-order valence-electron chi connectivity index (χ0n) is 24.3. The molecule has 0 radical (unpaired) electrons. The van der Waals surface area contributed by atoms with Gasteiger partial charge in [-0.3, -0.25) is 24.8 Å². The smallest absolute Gasteiger partial charge is 0.411 e. The van der Waals surface area contributed by atoms with Crippen molar-refractivity contribution in [3.63, 3.8) is 0 Å². The second-order valence-electron chi connectivity index (χ2n) is 10.7. The van der Waals surface area contributed by atoms with Crippen LogP contribution in [0.3, 0.4) is 0 Å². The molecule has 4 amide bonds. The van der Waals surface area contributed by atoms with Gasteiger partial charge in [0.1, 0.15) is 6.04 Å². The molecule has 232 valence electrons. The van der Waals surface area contributed by atoms with E-state index < -0.39 is 29.8 Å². The lowest BCUT2D eigenvalue weighted by atomic mass is 10.0. The Kier molecular flexibility index (Phi) is 9.43. The van der Waals surface area contributed by atoms with E-state index in [1.807, 2.05) is 6.92 Å². The van der Waals surface area contributed by atoms with Gasteiger partial charge in [-0.2, -0.15) is 5.10 Å². The lowest BCUT2D eigenvalue weighted by Gasteiger charge is -2.18. The first-order chi connectivity index (χ1) is 21.6. The summed E-state index contributed by atoms with van der Waals surface area (Å²) in [5.74, 6) is -1.26. The molecular formula is C32H30ClFN6O5. The summed E-state index contributed by atoms with van der Waals surface area (Å²) in [6.45, 7) is 2.03. The lowest BCUT2D eigenvalue weighted by molar-refractivity contribution is -0.118. The van der Waals surface area contributed by atoms with Crippen molar-refractivity contribution in [3.05, 3.63) is 94.8 Å². The predicted octanol–water partition coefficient (Wildman–Crippen LogP) is 5.62. The van der Waals surface area contributed by atoms with Crippen LogP contribution in [0.25, 0.3) is 11.3 Å².